The second-order valence-corrected chi connectivity index (χ2v) is 4.05. The summed E-state index contributed by atoms with van der Waals surface area (Å²) in [4.78, 5) is 4.36. The Labute approximate surface area is 106 Å². The lowest BCUT2D eigenvalue weighted by Crippen LogP contribution is -2.28. The quantitative estimate of drug-likeness (QED) is 0.785. The van der Waals surface area contributed by atoms with Gasteiger partial charge in [-0.3, -0.25) is 0 Å². The molecule has 3 N–H and O–H groups in total. The predicted octanol–water partition coefficient (Wildman–Crippen LogP) is 0.800. The molecule has 0 aliphatic heterocycles. The summed E-state index contributed by atoms with van der Waals surface area (Å²) in [5.74, 6) is 0.526. The Morgan fingerprint density at radius 1 is 1.28 bits per heavy atom. The van der Waals surface area contributed by atoms with Crippen LogP contribution in [0.3, 0.4) is 0 Å². The number of nitrogens with zero attached hydrogens (tertiary/aromatic N) is 3. The molecule has 2 aromatic rings. The number of aromatic nitrogens is 3. The van der Waals surface area contributed by atoms with Crippen LogP contribution in [0.25, 0.3) is 11.0 Å². The highest BCUT2D eigenvalue weighted by Crippen LogP contribution is 2.08. The molecule has 0 saturated carbocycles. The first kappa shape index (κ1) is 12.7. The highest BCUT2D eigenvalue weighted by atomic mass is 16.5. The number of methoxy groups -OCH3 is 1. The van der Waals surface area contributed by atoms with Crippen LogP contribution < -0.4 is 11.1 Å². The zero-order valence-corrected chi connectivity index (χ0v) is 10.3. The largest absolute Gasteiger partial charge is 0.383 e. The zero-order chi connectivity index (χ0) is 12.8. The van der Waals surface area contributed by atoms with Crippen molar-refractivity contribution in [1.82, 2.24) is 15.2 Å². The molecule has 96 valence electrons. The maximum atomic E-state index is 5.82. The predicted molar refractivity (Wildman–Crippen MR) is 70.3 cm³/mol. The summed E-state index contributed by atoms with van der Waals surface area (Å²) in [6.07, 6.45) is 0.796. The van der Waals surface area contributed by atoms with Crippen molar-refractivity contribution in [2.75, 3.05) is 25.6 Å². The number of para-hydroxylation sites is 1. The maximum Gasteiger partial charge on any atom is 0.243 e. The number of fused-ring (bicyclic) bond motifs is 1. The molecular formula is C12H17N5O. The Morgan fingerprint density at radius 3 is 2.83 bits per heavy atom. The standard InChI is InChI=1S/C12H17N5O/c1-18-8-9(13)6-7-14-12-15-10-4-2-3-5-11(10)16-17-12/h2-5,9H,6-8,13H2,1H3,(H,14,15,17). The van der Waals surface area contributed by atoms with Gasteiger partial charge in [0.25, 0.3) is 0 Å². The van der Waals surface area contributed by atoms with Crippen molar-refractivity contribution >= 4 is 17.0 Å². The second kappa shape index (κ2) is 6.23. The minimum absolute atomic E-state index is 0.0240. The number of rotatable bonds is 6. The number of nitrogens with two attached hydrogens (primary N) is 1. The Hall–Kier alpha value is -1.79. The van der Waals surface area contributed by atoms with Crippen LogP contribution in [0, 0.1) is 0 Å². The Kier molecular flexibility index (Phi) is 4.38. The van der Waals surface area contributed by atoms with E-state index >= 15 is 0 Å². The lowest BCUT2D eigenvalue weighted by atomic mass is 10.2. The molecule has 1 aromatic carbocycles. The number of ether oxygens (including phenoxy) is 1. The molecule has 18 heavy (non-hydrogen) atoms. The number of hydrogen-bond acceptors (Lipinski definition) is 6. The van der Waals surface area contributed by atoms with E-state index in [1.807, 2.05) is 24.3 Å². The molecule has 0 aliphatic rings. The fraction of sp³-hybridized carbons (Fsp3) is 0.417. The molecule has 6 heteroatoms. The van der Waals surface area contributed by atoms with Gasteiger partial charge < -0.3 is 15.8 Å². The third-order valence-corrected chi connectivity index (χ3v) is 2.54. The first-order valence-corrected chi connectivity index (χ1v) is 5.87. The van der Waals surface area contributed by atoms with Gasteiger partial charge in [0.15, 0.2) is 0 Å². The summed E-state index contributed by atoms with van der Waals surface area (Å²) in [6, 6.07) is 7.65. The Balaban J connectivity index is 1.91. The van der Waals surface area contributed by atoms with E-state index in [2.05, 4.69) is 20.5 Å². The van der Waals surface area contributed by atoms with E-state index in [1.54, 1.807) is 7.11 Å². The first-order chi connectivity index (χ1) is 8.79. The summed E-state index contributed by atoms with van der Waals surface area (Å²) in [7, 11) is 1.64. The van der Waals surface area contributed by atoms with Gasteiger partial charge in [-0.05, 0) is 18.6 Å². The fourth-order valence-corrected chi connectivity index (χ4v) is 1.62. The monoisotopic (exact) mass is 247 g/mol. The Bertz CT molecular complexity index is 505. The smallest absolute Gasteiger partial charge is 0.243 e. The molecule has 1 aromatic heterocycles. The molecular weight excluding hydrogens is 230 g/mol. The van der Waals surface area contributed by atoms with Crippen LogP contribution in [-0.4, -0.2) is 41.5 Å². The van der Waals surface area contributed by atoms with Crippen molar-refractivity contribution in [3.63, 3.8) is 0 Å². The van der Waals surface area contributed by atoms with Gasteiger partial charge in [0.2, 0.25) is 5.95 Å². The summed E-state index contributed by atoms with van der Waals surface area (Å²) in [6.45, 7) is 1.25. The number of benzene rings is 1. The second-order valence-electron chi connectivity index (χ2n) is 4.05. The van der Waals surface area contributed by atoms with Gasteiger partial charge in [-0.15, -0.1) is 10.2 Å². The van der Waals surface area contributed by atoms with Crippen LogP contribution in [-0.2, 0) is 4.74 Å². The van der Waals surface area contributed by atoms with E-state index in [1.165, 1.54) is 0 Å². The molecule has 0 aliphatic carbocycles. The molecule has 1 atom stereocenters. The number of anilines is 1. The minimum Gasteiger partial charge on any atom is -0.383 e. The van der Waals surface area contributed by atoms with Crippen molar-refractivity contribution in [2.45, 2.75) is 12.5 Å². The molecule has 0 bridgehead atoms. The van der Waals surface area contributed by atoms with Gasteiger partial charge in [0.05, 0.1) is 12.1 Å². The Morgan fingerprint density at radius 2 is 2.06 bits per heavy atom. The molecule has 0 saturated heterocycles. The summed E-state index contributed by atoms with van der Waals surface area (Å²) < 4.78 is 4.97. The average molecular weight is 247 g/mol. The summed E-state index contributed by atoms with van der Waals surface area (Å²) >= 11 is 0. The van der Waals surface area contributed by atoms with Crippen molar-refractivity contribution in [3.05, 3.63) is 24.3 Å². The third kappa shape index (κ3) is 3.35. The topological polar surface area (TPSA) is 86.0 Å². The maximum absolute atomic E-state index is 5.82. The minimum atomic E-state index is 0.0240. The average Bonchev–Trinajstić information content (AvgIpc) is 2.39. The molecule has 2 rings (SSSR count). The van der Waals surface area contributed by atoms with E-state index in [9.17, 15) is 0 Å². The van der Waals surface area contributed by atoms with Gasteiger partial charge in [-0.25, -0.2) is 4.98 Å². The molecule has 0 radical (unpaired) electrons. The number of nitrogens with one attached hydrogen (secondary N) is 1. The highest BCUT2D eigenvalue weighted by molar-refractivity contribution is 5.73. The molecule has 0 amide bonds. The van der Waals surface area contributed by atoms with Crippen molar-refractivity contribution in [2.24, 2.45) is 5.73 Å². The summed E-state index contributed by atoms with van der Waals surface area (Å²) in [5, 5.41) is 11.2. The van der Waals surface area contributed by atoms with Crippen LogP contribution in [0.5, 0.6) is 0 Å². The number of hydrogen-bond donors (Lipinski definition) is 2. The lowest BCUT2D eigenvalue weighted by molar-refractivity contribution is 0.178. The highest BCUT2D eigenvalue weighted by Gasteiger charge is 2.03. The van der Waals surface area contributed by atoms with Crippen LogP contribution in [0.4, 0.5) is 5.95 Å². The van der Waals surface area contributed by atoms with Crippen molar-refractivity contribution in [3.8, 4) is 0 Å². The van der Waals surface area contributed by atoms with Gasteiger partial charge >= 0.3 is 0 Å². The van der Waals surface area contributed by atoms with Crippen LogP contribution in [0.2, 0.25) is 0 Å². The lowest BCUT2D eigenvalue weighted by Gasteiger charge is -2.10. The van der Waals surface area contributed by atoms with Crippen LogP contribution in [0.1, 0.15) is 6.42 Å². The van der Waals surface area contributed by atoms with Crippen molar-refractivity contribution < 1.29 is 4.74 Å². The van der Waals surface area contributed by atoms with E-state index in [4.69, 9.17) is 10.5 Å². The SMILES string of the molecule is COCC(N)CCNc1nnc2ccccc2n1. The van der Waals surface area contributed by atoms with Gasteiger partial charge in [-0.2, -0.15) is 0 Å². The van der Waals surface area contributed by atoms with Gasteiger partial charge in [0.1, 0.15) is 5.52 Å². The van der Waals surface area contributed by atoms with E-state index in [-0.39, 0.29) is 6.04 Å². The molecule has 6 nitrogen and oxygen atoms in total. The molecule has 0 fully saturated rings. The van der Waals surface area contributed by atoms with Gasteiger partial charge in [-0.1, -0.05) is 12.1 Å². The molecule has 1 unspecified atom stereocenters. The van der Waals surface area contributed by atoms with Crippen LogP contribution >= 0.6 is 0 Å². The van der Waals surface area contributed by atoms with E-state index in [0.717, 1.165) is 17.5 Å². The van der Waals surface area contributed by atoms with Gasteiger partial charge in [0, 0.05) is 19.7 Å². The first-order valence-electron chi connectivity index (χ1n) is 5.87. The van der Waals surface area contributed by atoms with E-state index in [0.29, 0.717) is 19.1 Å². The third-order valence-electron chi connectivity index (χ3n) is 2.54. The fourth-order valence-electron chi connectivity index (χ4n) is 1.62. The molecule has 0 spiro atoms. The molecule has 1 heterocycles. The zero-order valence-electron chi connectivity index (χ0n) is 10.3. The van der Waals surface area contributed by atoms with Crippen molar-refractivity contribution in [1.29, 1.82) is 0 Å². The van der Waals surface area contributed by atoms with Crippen LogP contribution in [0.15, 0.2) is 24.3 Å². The summed E-state index contributed by atoms with van der Waals surface area (Å²) in [5.41, 5.74) is 7.44. The normalized spacial score (nSPS) is 12.6. The van der Waals surface area contributed by atoms with E-state index < -0.39 is 0 Å².